The van der Waals surface area contributed by atoms with Crippen molar-refractivity contribution >= 4 is 11.3 Å². The predicted octanol–water partition coefficient (Wildman–Crippen LogP) is 1.70. The fourth-order valence-corrected chi connectivity index (χ4v) is 2.37. The Labute approximate surface area is 65.1 Å². The molecule has 0 aromatic carbocycles. The molecule has 1 aromatic heterocycles. The van der Waals surface area contributed by atoms with Crippen LogP contribution in [0.5, 0.6) is 0 Å². The van der Waals surface area contributed by atoms with E-state index < -0.39 is 0 Å². The first-order valence-corrected chi connectivity index (χ1v) is 4.52. The Morgan fingerprint density at radius 1 is 1.60 bits per heavy atom. The van der Waals surface area contributed by atoms with E-state index in [0.29, 0.717) is 0 Å². The van der Waals surface area contributed by atoms with Crippen molar-refractivity contribution in [2.45, 2.75) is 19.9 Å². The van der Waals surface area contributed by atoms with Crippen LogP contribution in [0.3, 0.4) is 0 Å². The molecule has 0 aliphatic carbocycles. The minimum absolute atomic E-state index is 1.08. The molecule has 0 saturated carbocycles. The highest BCUT2D eigenvalue weighted by atomic mass is 32.1. The summed E-state index contributed by atoms with van der Waals surface area (Å²) >= 11 is 1.88. The second kappa shape index (κ2) is 2.36. The summed E-state index contributed by atoms with van der Waals surface area (Å²) in [4.78, 5) is 1.51. The van der Waals surface area contributed by atoms with Gasteiger partial charge in [0.2, 0.25) is 0 Å². The maximum absolute atomic E-state index is 3.36. The number of aryl methyl sites for hydroxylation is 1. The summed E-state index contributed by atoms with van der Waals surface area (Å²) in [5.74, 6) is 0. The lowest BCUT2D eigenvalue weighted by molar-refractivity contribution is 0.646. The van der Waals surface area contributed by atoms with Crippen molar-refractivity contribution in [3.05, 3.63) is 21.4 Å². The van der Waals surface area contributed by atoms with Crippen LogP contribution in [-0.2, 0) is 13.0 Å². The first kappa shape index (κ1) is 6.38. The number of fused-ring (bicyclic) bond motifs is 1. The Kier molecular flexibility index (Phi) is 1.51. The molecule has 2 heteroatoms. The van der Waals surface area contributed by atoms with E-state index >= 15 is 0 Å². The molecule has 0 amide bonds. The zero-order valence-corrected chi connectivity index (χ0v) is 6.92. The van der Waals surface area contributed by atoms with Crippen LogP contribution in [0.2, 0.25) is 0 Å². The summed E-state index contributed by atoms with van der Waals surface area (Å²) in [5.41, 5.74) is 3.12. The first-order valence-electron chi connectivity index (χ1n) is 3.64. The third-order valence-electron chi connectivity index (χ3n) is 2.06. The third kappa shape index (κ3) is 0.879. The molecule has 1 aliphatic heterocycles. The molecule has 1 aliphatic rings. The zero-order chi connectivity index (χ0) is 6.97. The van der Waals surface area contributed by atoms with Crippen LogP contribution in [0, 0.1) is 6.92 Å². The van der Waals surface area contributed by atoms with Gasteiger partial charge in [-0.05, 0) is 36.4 Å². The molecule has 2 heterocycles. The number of hydrogen-bond donors (Lipinski definition) is 1. The Hall–Kier alpha value is -0.340. The standard InChI is InChI=1S/C8H11NS/c1-6-8-2-3-9-4-7(8)5-10-6/h5,9H,2-4H2,1H3. The summed E-state index contributed by atoms with van der Waals surface area (Å²) in [6.07, 6.45) is 1.23. The monoisotopic (exact) mass is 153 g/mol. The maximum atomic E-state index is 3.36. The fraction of sp³-hybridized carbons (Fsp3) is 0.500. The van der Waals surface area contributed by atoms with E-state index in [2.05, 4.69) is 17.6 Å². The van der Waals surface area contributed by atoms with Gasteiger partial charge in [-0.15, -0.1) is 11.3 Å². The van der Waals surface area contributed by atoms with E-state index in [1.807, 2.05) is 11.3 Å². The van der Waals surface area contributed by atoms with Crippen molar-refractivity contribution in [1.29, 1.82) is 0 Å². The summed E-state index contributed by atoms with van der Waals surface area (Å²) in [6, 6.07) is 0. The van der Waals surface area contributed by atoms with Crippen molar-refractivity contribution in [2.75, 3.05) is 6.54 Å². The van der Waals surface area contributed by atoms with Crippen molar-refractivity contribution in [1.82, 2.24) is 5.32 Å². The molecule has 54 valence electrons. The second-order valence-corrected chi connectivity index (χ2v) is 3.81. The van der Waals surface area contributed by atoms with Crippen LogP contribution in [0.25, 0.3) is 0 Å². The average molecular weight is 153 g/mol. The van der Waals surface area contributed by atoms with Gasteiger partial charge in [0.1, 0.15) is 0 Å². The lowest BCUT2D eigenvalue weighted by atomic mass is 10.1. The van der Waals surface area contributed by atoms with Gasteiger partial charge in [-0.25, -0.2) is 0 Å². The van der Waals surface area contributed by atoms with E-state index in [-0.39, 0.29) is 0 Å². The van der Waals surface area contributed by atoms with E-state index in [1.54, 1.807) is 5.56 Å². The van der Waals surface area contributed by atoms with E-state index in [0.717, 1.165) is 13.1 Å². The van der Waals surface area contributed by atoms with E-state index in [9.17, 15) is 0 Å². The van der Waals surface area contributed by atoms with Gasteiger partial charge in [0.05, 0.1) is 0 Å². The van der Waals surface area contributed by atoms with Gasteiger partial charge in [-0.2, -0.15) is 0 Å². The lowest BCUT2D eigenvalue weighted by Crippen LogP contribution is -2.22. The van der Waals surface area contributed by atoms with Crippen molar-refractivity contribution in [3.63, 3.8) is 0 Å². The highest BCUT2D eigenvalue weighted by Crippen LogP contribution is 2.23. The molecular formula is C8H11NS. The van der Waals surface area contributed by atoms with Gasteiger partial charge in [0.15, 0.2) is 0 Å². The molecule has 0 unspecified atom stereocenters. The van der Waals surface area contributed by atoms with Crippen LogP contribution >= 0.6 is 11.3 Å². The highest BCUT2D eigenvalue weighted by Gasteiger charge is 2.11. The van der Waals surface area contributed by atoms with Crippen LogP contribution in [0.1, 0.15) is 16.0 Å². The quantitative estimate of drug-likeness (QED) is 0.598. The molecule has 1 nitrogen and oxygen atoms in total. The van der Waals surface area contributed by atoms with Crippen LogP contribution in [-0.4, -0.2) is 6.54 Å². The second-order valence-electron chi connectivity index (χ2n) is 2.72. The van der Waals surface area contributed by atoms with Crippen molar-refractivity contribution < 1.29 is 0 Å². The Morgan fingerprint density at radius 2 is 2.50 bits per heavy atom. The zero-order valence-electron chi connectivity index (χ0n) is 6.11. The molecule has 0 fully saturated rings. The predicted molar refractivity (Wildman–Crippen MR) is 44.5 cm³/mol. The smallest absolute Gasteiger partial charge is 0.0216 e. The number of thiophene rings is 1. The van der Waals surface area contributed by atoms with Gasteiger partial charge < -0.3 is 5.32 Å². The molecular weight excluding hydrogens is 142 g/mol. The van der Waals surface area contributed by atoms with Crippen molar-refractivity contribution in [2.24, 2.45) is 0 Å². The Bertz CT molecular complexity index is 239. The van der Waals surface area contributed by atoms with Crippen molar-refractivity contribution in [3.8, 4) is 0 Å². The van der Waals surface area contributed by atoms with E-state index in [4.69, 9.17) is 0 Å². The van der Waals surface area contributed by atoms with Gasteiger partial charge in [-0.3, -0.25) is 0 Å². The molecule has 2 rings (SSSR count). The Morgan fingerprint density at radius 3 is 3.30 bits per heavy atom. The molecule has 1 N–H and O–H groups in total. The number of nitrogens with one attached hydrogen (secondary N) is 1. The molecule has 1 aromatic rings. The van der Waals surface area contributed by atoms with Crippen LogP contribution in [0.4, 0.5) is 0 Å². The Balaban J connectivity index is 2.45. The lowest BCUT2D eigenvalue weighted by Gasteiger charge is -2.12. The molecule has 10 heavy (non-hydrogen) atoms. The van der Waals surface area contributed by atoms with E-state index in [1.165, 1.54) is 16.9 Å². The van der Waals surface area contributed by atoms with Gasteiger partial charge >= 0.3 is 0 Å². The minimum atomic E-state index is 1.08. The minimum Gasteiger partial charge on any atom is -0.312 e. The van der Waals surface area contributed by atoms with Crippen LogP contribution in [0.15, 0.2) is 5.38 Å². The topological polar surface area (TPSA) is 12.0 Å². The average Bonchev–Trinajstić information content (AvgIpc) is 2.34. The molecule has 0 bridgehead atoms. The number of hydrogen-bond acceptors (Lipinski definition) is 2. The molecule has 0 saturated heterocycles. The van der Waals surface area contributed by atoms with Gasteiger partial charge in [0, 0.05) is 11.4 Å². The first-order chi connectivity index (χ1) is 4.88. The summed E-state index contributed by atoms with van der Waals surface area (Å²) in [7, 11) is 0. The van der Waals surface area contributed by atoms with Gasteiger partial charge in [0.25, 0.3) is 0 Å². The highest BCUT2D eigenvalue weighted by molar-refractivity contribution is 7.10. The fourth-order valence-electron chi connectivity index (χ4n) is 1.45. The normalized spacial score (nSPS) is 16.9. The van der Waals surface area contributed by atoms with Gasteiger partial charge in [-0.1, -0.05) is 0 Å². The largest absolute Gasteiger partial charge is 0.312 e. The SMILES string of the molecule is Cc1scc2c1CCNC2. The number of rotatable bonds is 0. The maximum Gasteiger partial charge on any atom is 0.0216 e. The summed E-state index contributed by atoms with van der Waals surface area (Å²) in [6.45, 7) is 4.46. The van der Waals surface area contributed by atoms with Crippen LogP contribution < -0.4 is 5.32 Å². The third-order valence-corrected chi connectivity index (χ3v) is 3.06. The molecule has 0 spiro atoms. The molecule has 0 atom stereocenters. The molecule has 0 radical (unpaired) electrons. The summed E-state index contributed by atoms with van der Waals surface area (Å²) in [5, 5.41) is 5.64. The summed E-state index contributed by atoms with van der Waals surface area (Å²) < 4.78 is 0.